The Hall–Kier alpha value is -5.96. The van der Waals surface area contributed by atoms with Crippen LogP contribution in [0.4, 0.5) is 17.1 Å². The van der Waals surface area contributed by atoms with Gasteiger partial charge in [-0.3, -0.25) is 14.4 Å². The zero-order valence-electron chi connectivity index (χ0n) is 49.3. The number of aliphatic carboxylic acids is 1. The first-order chi connectivity index (χ1) is 36.8. The van der Waals surface area contributed by atoms with E-state index < -0.39 is 22.6 Å². The molecule has 78 heavy (non-hydrogen) atoms. The molecule has 5 N–H and O–H groups in total. The van der Waals surface area contributed by atoms with Crippen LogP contribution in [0.3, 0.4) is 0 Å². The number of anilines is 3. The number of carboxylic acids is 1. The molecule has 0 aliphatic heterocycles. The van der Waals surface area contributed by atoms with Gasteiger partial charge in [-0.15, -0.1) is 0 Å². The van der Waals surface area contributed by atoms with Gasteiger partial charge in [-0.05, 0) is 161 Å². The highest BCUT2D eigenvalue weighted by atomic mass is 79.9. The van der Waals surface area contributed by atoms with Gasteiger partial charge < -0.3 is 30.3 Å². The fourth-order valence-electron chi connectivity index (χ4n) is 7.04. The Labute approximate surface area is 480 Å². The van der Waals surface area contributed by atoms with Crippen molar-refractivity contribution in [2.75, 3.05) is 16.4 Å². The second-order valence-corrected chi connectivity index (χ2v) is 32.9. The summed E-state index contributed by atoms with van der Waals surface area (Å²) in [4.78, 5) is 34.7. The number of carboxylic acid groups (broad SMARTS) is 1. The van der Waals surface area contributed by atoms with Gasteiger partial charge in [0.05, 0.1) is 0 Å². The number of carbonyl (C=O) groups excluding carboxylic acids is 2. The molecule has 0 radical (unpaired) electrons. The average molecular weight is 1160 g/mol. The normalized spacial score (nSPS) is 11.3. The first kappa shape index (κ1) is 66.3. The molecule has 0 aromatic heterocycles. The van der Waals surface area contributed by atoms with E-state index >= 15 is 0 Å². The molecule has 0 saturated carbocycles. The number of benzene rings is 6. The topological polar surface area (TPSA) is 140 Å². The lowest BCUT2D eigenvalue weighted by Crippen LogP contribution is -2.42. The molecule has 6 rings (SSSR count). The number of aryl methyl sites for hydroxylation is 6. The lowest BCUT2D eigenvalue weighted by atomic mass is 10.1. The van der Waals surface area contributed by atoms with Crippen LogP contribution >= 0.6 is 15.9 Å². The molecule has 9 nitrogen and oxygen atoms in total. The van der Waals surface area contributed by atoms with Crippen LogP contribution in [-0.4, -0.2) is 39.6 Å². The number of hydrogen-bond acceptors (Lipinski definition) is 8. The molecule has 6 aromatic rings. The van der Waals surface area contributed by atoms with Gasteiger partial charge in [-0.2, -0.15) is 0 Å². The number of hydrogen-bond donors (Lipinski definition) is 4. The van der Waals surface area contributed by atoms with Crippen molar-refractivity contribution in [3.8, 4) is 0 Å². The molecule has 0 spiro atoms. The Morgan fingerprint density at radius 3 is 1.00 bits per heavy atom. The van der Waals surface area contributed by atoms with E-state index in [0.29, 0.717) is 32.1 Å². The molecule has 0 amide bonds. The molecular weight excluding hydrogens is 1070 g/mol. The van der Waals surface area contributed by atoms with Crippen LogP contribution < -0.4 is 16.4 Å². The number of nitrogens with two attached hydrogens (primary N) is 1. The summed E-state index contributed by atoms with van der Waals surface area (Å²) < 4.78 is 11.6. The largest absolute Gasteiger partial charge is 0.519 e. The molecular formula is C66H92BrN3O6Si2. The molecule has 0 bridgehead atoms. The molecule has 12 heteroatoms. The Bertz CT molecular complexity index is 2660. The number of nitrogens with one attached hydrogen (secondary N) is 2. The van der Waals surface area contributed by atoms with Crippen LogP contribution in [-0.2, 0) is 80.2 Å². The molecule has 0 aliphatic carbocycles. The van der Waals surface area contributed by atoms with E-state index in [1.54, 1.807) is 0 Å². The molecule has 0 saturated heterocycles. The van der Waals surface area contributed by atoms with Gasteiger partial charge in [0.2, 0.25) is 0 Å². The molecule has 0 aliphatic rings. The van der Waals surface area contributed by atoms with Gasteiger partial charge in [0.1, 0.15) is 0 Å². The Morgan fingerprint density at radius 1 is 0.449 bits per heavy atom. The molecule has 0 heterocycles. The van der Waals surface area contributed by atoms with Gasteiger partial charge in [0, 0.05) is 54.7 Å². The highest BCUT2D eigenvalue weighted by Crippen LogP contribution is 2.38. The highest BCUT2D eigenvalue weighted by molar-refractivity contribution is 9.08. The summed E-state index contributed by atoms with van der Waals surface area (Å²) >= 11 is 3.40. The van der Waals surface area contributed by atoms with Crippen LogP contribution in [0.1, 0.15) is 132 Å². The minimum absolute atomic E-state index is 0.0485. The number of nitrogen functional groups attached to an aromatic ring is 1. The van der Waals surface area contributed by atoms with Crippen molar-refractivity contribution in [2.45, 2.75) is 175 Å². The first-order valence-corrected chi connectivity index (χ1v) is 34.6. The lowest BCUT2D eigenvalue weighted by molar-refractivity contribution is -0.137. The summed E-state index contributed by atoms with van der Waals surface area (Å²) in [5.74, 6) is -0.930. The zero-order valence-corrected chi connectivity index (χ0v) is 52.9. The van der Waals surface area contributed by atoms with E-state index in [1.807, 2.05) is 48.5 Å². The third-order valence-corrected chi connectivity index (χ3v) is 23.9. The Morgan fingerprint density at radius 2 is 0.718 bits per heavy atom. The highest BCUT2D eigenvalue weighted by Gasteiger charge is 2.41. The van der Waals surface area contributed by atoms with Crippen molar-refractivity contribution in [2.24, 2.45) is 0 Å². The summed E-state index contributed by atoms with van der Waals surface area (Å²) in [6.45, 7) is 29.3. The summed E-state index contributed by atoms with van der Waals surface area (Å²) in [5.41, 5.74) is 19.8. The van der Waals surface area contributed by atoms with E-state index in [9.17, 15) is 14.4 Å². The maximum absolute atomic E-state index is 12.3. The van der Waals surface area contributed by atoms with Crippen molar-refractivity contribution >= 4 is 67.5 Å². The predicted octanol–water partition coefficient (Wildman–Crippen LogP) is 17.1. The van der Waals surface area contributed by atoms with Crippen LogP contribution in [0.2, 0.25) is 36.3 Å². The van der Waals surface area contributed by atoms with Crippen LogP contribution in [0.25, 0.3) is 0 Å². The van der Waals surface area contributed by atoms with Crippen molar-refractivity contribution in [3.05, 3.63) is 196 Å². The van der Waals surface area contributed by atoms with E-state index in [2.05, 4.69) is 212 Å². The average Bonchev–Trinajstić information content (AvgIpc) is 3.41. The van der Waals surface area contributed by atoms with E-state index in [0.717, 1.165) is 71.4 Å². The SMILES string of the molecule is CC(C)(C)[Si](C)(C)OC(=O)CCc1ccc(N)cc1.CCc1ccc(CBr)cc1.CCc1ccc(CNc2ccc(CCC(=O)O)cc2)cc1.CCc1ccc(CNc2ccc(CCC(=O)O[Si](C)(C)C(C)(C)C)cc2)cc1. The second-order valence-electron chi connectivity index (χ2n) is 22.8. The number of halogens is 1. The molecule has 6 aromatic carbocycles. The van der Waals surface area contributed by atoms with E-state index in [-0.39, 0.29) is 28.4 Å². The van der Waals surface area contributed by atoms with Crippen molar-refractivity contribution in [3.63, 3.8) is 0 Å². The zero-order chi connectivity index (χ0) is 57.9. The van der Waals surface area contributed by atoms with E-state index in [1.165, 1.54) is 33.4 Å². The van der Waals surface area contributed by atoms with Crippen molar-refractivity contribution in [1.29, 1.82) is 0 Å². The quantitative estimate of drug-likeness (QED) is 0.0315. The molecule has 422 valence electrons. The standard InChI is InChI=1S/C24H35NO2Si.C18H21NO2.C15H25NO2Si.C9H11Br/c1-7-19-8-10-21(11-9-19)18-25-22-15-12-20(13-16-22)14-17-23(26)27-28(5,6)24(2,3)4;1-2-14-3-5-16(6-4-14)13-19-17-10-7-15(8-11-17)9-12-18(20)21;1-15(2,3)19(4,5)18-14(17)11-8-12-6-9-13(16)10-7-12;1-2-8-3-5-9(7-10)6-4-8/h8-13,15-16,25H,7,14,17-18H2,1-6H3;3-8,10-11,19H,2,9,12-13H2,1H3,(H,20,21);6-7,9-10H,8,11,16H2,1-5H3;3-6H,2,7H2,1H3. The molecule has 0 fully saturated rings. The fourth-order valence-corrected chi connectivity index (χ4v) is 9.37. The summed E-state index contributed by atoms with van der Waals surface area (Å²) in [7, 11) is -4.01. The number of alkyl halides is 1. The van der Waals surface area contributed by atoms with Crippen LogP contribution in [0.5, 0.6) is 0 Å². The van der Waals surface area contributed by atoms with E-state index in [4.69, 9.17) is 19.7 Å². The third-order valence-electron chi connectivity index (χ3n) is 14.5. The number of carbonyl (C=O) groups is 3. The lowest BCUT2D eigenvalue weighted by Gasteiger charge is -2.35. The van der Waals surface area contributed by atoms with Gasteiger partial charge in [-0.1, -0.05) is 187 Å². The summed E-state index contributed by atoms with van der Waals surface area (Å²) in [6.07, 6.45) is 6.29. The van der Waals surface area contributed by atoms with Crippen molar-refractivity contribution < 1.29 is 28.3 Å². The monoisotopic (exact) mass is 1160 g/mol. The smallest absolute Gasteiger partial charge is 0.303 e. The maximum Gasteiger partial charge on any atom is 0.303 e. The predicted molar refractivity (Wildman–Crippen MR) is 338 cm³/mol. The molecule has 0 unspecified atom stereocenters. The first-order valence-electron chi connectivity index (χ1n) is 27.7. The van der Waals surface area contributed by atoms with Crippen molar-refractivity contribution in [1.82, 2.24) is 0 Å². The van der Waals surface area contributed by atoms with Crippen LogP contribution in [0, 0.1) is 0 Å². The van der Waals surface area contributed by atoms with Gasteiger partial charge in [-0.25, -0.2) is 0 Å². The second kappa shape index (κ2) is 32.8. The van der Waals surface area contributed by atoms with Gasteiger partial charge in [0.15, 0.2) is 0 Å². The minimum Gasteiger partial charge on any atom is -0.519 e. The Balaban J connectivity index is 0.000000287. The number of rotatable bonds is 21. The van der Waals surface area contributed by atoms with Gasteiger partial charge in [0.25, 0.3) is 28.6 Å². The summed E-state index contributed by atoms with van der Waals surface area (Å²) in [6, 6.07) is 49.9. The fraction of sp³-hybridized carbons (Fsp3) is 0.409. The third kappa shape index (κ3) is 25.2. The summed E-state index contributed by atoms with van der Waals surface area (Å²) in [5, 5.41) is 16.6. The molecule has 0 atom stereocenters. The maximum atomic E-state index is 12.3. The minimum atomic E-state index is -2.02. The van der Waals surface area contributed by atoms with Gasteiger partial charge >= 0.3 is 5.97 Å². The Kier molecular flexibility index (Phi) is 27.9. The van der Waals surface area contributed by atoms with Crippen LogP contribution in [0.15, 0.2) is 146 Å².